The lowest BCUT2D eigenvalue weighted by Gasteiger charge is -2.26. The third-order valence-electron chi connectivity index (χ3n) is 9.87. The number of hydrogen-bond donors (Lipinski definition) is 1. The Morgan fingerprint density at radius 1 is 0.364 bits per heavy atom. The molecule has 1 heteroatoms. The Balaban J connectivity index is 1.39. The highest BCUT2D eigenvalue weighted by atomic mass is 16.3. The maximum Gasteiger partial charge on any atom is 0.105 e. The van der Waals surface area contributed by atoms with Gasteiger partial charge in [-0.2, -0.15) is 0 Å². The van der Waals surface area contributed by atoms with Crippen molar-refractivity contribution in [3.05, 3.63) is 157 Å². The van der Waals surface area contributed by atoms with E-state index in [2.05, 4.69) is 146 Å². The van der Waals surface area contributed by atoms with E-state index in [1.165, 1.54) is 86.9 Å². The second-order valence-corrected chi connectivity index (χ2v) is 12.1. The Morgan fingerprint density at radius 3 is 1.66 bits per heavy atom. The van der Waals surface area contributed by atoms with Gasteiger partial charge in [0.1, 0.15) is 6.10 Å². The minimum atomic E-state index is -0.653. The van der Waals surface area contributed by atoms with Crippen molar-refractivity contribution in [3.63, 3.8) is 0 Å². The van der Waals surface area contributed by atoms with Gasteiger partial charge in [0, 0.05) is 0 Å². The third kappa shape index (κ3) is 3.12. The van der Waals surface area contributed by atoms with Gasteiger partial charge in [-0.05, 0) is 110 Å². The first kappa shape index (κ1) is 24.0. The van der Waals surface area contributed by atoms with Crippen LogP contribution in [0.15, 0.2) is 146 Å². The van der Waals surface area contributed by atoms with E-state index in [-0.39, 0.29) is 0 Å². The van der Waals surface area contributed by atoms with E-state index in [1.54, 1.807) is 0 Å². The second kappa shape index (κ2) is 8.76. The summed E-state index contributed by atoms with van der Waals surface area (Å²) in [5.74, 6) is 0. The standard InChI is InChI=1S/C43H26O/c44-43-35-17-7-11-26-20-22-29-24-37(34-16-8-18-36(43)42(34)40(29)39(26)35)41-32-14-5-3-12-30(32)38(31-13-4-6-15-33(31)41)28-21-19-25-9-1-2-10-27(25)23-28/h1-24,43-44H. The van der Waals surface area contributed by atoms with Crippen molar-refractivity contribution in [2.75, 3.05) is 0 Å². The zero-order valence-electron chi connectivity index (χ0n) is 23.9. The predicted octanol–water partition coefficient (Wildman–Crippen LogP) is 11.3. The number of aliphatic hydroxyl groups excluding tert-OH is 1. The number of aliphatic hydroxyl groups is 1. The van der Waals surface area contributed by atoms with Crippen molar-refractivity contribution in [2.24, 2.45) is 0 Å². The van der Waals surface area contributed by atoms with Crippen molar-refractivity contribution in [1.82, 2.24) is 0 Å². The molecule has 10 rings (SSSR count). The Hall–Kier alpha value is -5.50. The van der Waals surface area contributed by atoms with E-state index in [1.807, 2.05) is 0 Å². The van der Waals surface area contributed by atoms with Crippen molar-refractivity contribution in [3.8, 4) is 22.3 Å². The highest BCUT2D eigenvalue weighted by molar-refractivity contribution is 6.30. The van der Waals surface area contributed by atoms with Crippen LogP contribution in [0.3, 0.4) is 0 Å². The van der Waals surface area contributed by atoms with Gasteiger partial charge in [0.2, 0.25) is 0 Å². The molecule has 1 aliphatic rings. The second-order valence-electron chi connectivity index (χ2n) is 12.1. The molecule has 1 unspecified atom stereocenters. The zero-order chi connectivity index (χ0) is 28.9. The molecule has 0 spiro atoms. The molecule has 44 heavy (non-hydrogen) atoms. The lowest BCUT2D eigenvalue weighted by Crippen LogP contribution is -2.06. The van der Waals surface area contributed by atoms with Crippen LogP contribution in [-0.4, -0.2) is 5.11 Å². The lowest BCUT2D eigenvalue weighted by atomic mass is 9.79. The van der Waals surface area contributed by atoms with Crippen LogP contribution in [0.1, 0.15) is 17.2 Å². The molecule has 0 saturated carbocycles. The monoisotopic (exact) mass is 558 g/mol. The molecular weight excluding hydrogens is 532 g/mol. The number of hydrogen-bond acceptors (Lipinski definition) is 1. The molecule has 204 valence electrons. The first-order chi connectivity index (χ1) is 21.8. The van der Waals surface area contributed by atoms with Crippen LogP contribution in [0.4, 0.5) is 0 Å². The normalized spacial score (nSPS) is 14.2. The molecule has 1 nitrogen and oxygen atoms in total. The van der Waals surface area contributed by atoms with Crippen molar-refractivity contribution < 1.29 is 5.11 Å². The molecule has 1 N–H and O–H groups in total. The maximum absolute atomic E-state index is 11.7. The largest absolute Gasteiger partial charge is 0.384 e. The summed E-state index contributed by atoms with van der Waals surface area (Å²) < 4.78 is 0. The summed E-state index contributed by atoms with van der Waals surface area (Å²) in [6, 6.07) is 52.8. The van der Waals surface area contributed by atoms with Crippen molar-refractivity contribution in [1.29, 1.82) is 0 Å². The van der Waals surface area contributed by atoms with Gasteiger partial charge in [-0.25, -0.2) is 0 Å². The van der Waals surface area contributed by atoms with Crippen molar-refractivity contribution in [2.45, 2.75) is 6.10 Å². The fraction of sp³-hybridized carbons (Fsp3) is 0.0233. The Labute approximate surface area is 254 Å². The topological polar surface area (TPSA) is 20.2 Å². The molecule has 0 aromatic heterocycles. The van der Waals surface area contributed by atoms with Gasteiger partial charge in [0.15, 0.2) is 0 Å². The minimum absolute atomic E-state index is 0.653. The summed E-state index contributed by atoms with van der Waals surface area (Å²) in [5, 5.41) is 26.3. The number of benzene rings is 9. The van der Waals surface area contributed by atoms with Gasteiger partial charge in [0.05, 0.1) is 0 Å². The highest BCUT2D eigenvalue weighted by Crippen LogP contribution is 2.51. The van der Waals surface area contributed by atoms with E-state index >= 15 is 0 Å². The Bertz CT molecular complexity index is 2620. The number of rotatable bonds is 2. The fourth-order valence-corrected chi connectivity index (χ4v) is 8.02. The third-order valence-corrected chi connectivity index (χ3v) is 9.87. The van der Waals surface area contributed by atoms with E-state index < -0.39 is 6.10 Å². The molecule has 1 atom stereocenters. The minimum Gasteiger partial charge on any atom is -0.384 e. The maximum atomic E-state index is 11.7. The Morgan fingerprint density at radius 2 is 0.909 bits per heavy atom. The van der Waals surface area contributed by atoms with Crippen LogP contribution < -0.4 is 0 Å². The Kier molecular flexibility index (Phi) is 4.78. The molecule has 0 aliphatic heterocycles. The van der Waals surface area contributed by atoms with Crippen LogP contribution in [0, 0.1) is 0 Å². The molecule has 0 amide bonds. The molecule has 9 aromatic rings. The van der Waals surface area contributed by atoms with E-state index in [9.17, 15) is 5.11 Å². The molecule has 9 aromatic carbocycles. The predicted molar refractivity (Wildman–Crippen MR) is 186 cm³/mol. The van der Waals surface area contributed by atoms with Crippen LogP contribution in [-0.2, 0) is 0 Å². The summed E-state index contributed by atoms with van der Waals surface area (Å²) in [6.45, 7) is 0. The van der Waals surface area contributed by atoms with Gasteiger partial charge in [0.25, 0.3) is 0 Å². The summed E-state index contributed by atoms with van der Waals surface area (Å²) in [4.78, 5) is 0. The van der Waals surface area contributed by atoms with Gasteiger partial charge < -0.3 is 5.11 Å². The molecule has 1 aliphatic carbocycles. The number of fused-ring (bicyclic) bond motifs is 3. The SMILES string of the molecule is OC1c2cccc3ccc4cc(-c5c6ccccc6c(-c6ccc7ccccc7c6)c6ccccc56)c5cccc1c5c4c23. The average molecular weight is 559 g/mol. The fourth-order valence-electron chi connectivity index (χ4n) is 8.02. The smallest absolute Gasteiger partial charge is 0.105 e. The molecule has 0 radical (unpaired) electrons. The molecule has 0 saturated heterocycles. The van der Waals surface area contributed by atoms with Gasteiger partial charge in [-0.15, -0.1) is 0 Å². The first-order valence-electron chi connectivity index (χ1n) is 15.3. The quantitative estimate of drug-likeness (QED) is 0.165. The summed E-state index contributed by atoms with van der Waals surface area (Å²) in [7, 11) is 0. The summed E-state index contributed by atoms with van der Waals surface area (Å²) >= 11 is 0. The molecule has 0 fully saturated rings. The van der Waals surface area contributed by atoms with Gasteiger partial charge in [-0.3, -0.25) is 0 Å². The summed E-state index contributed by atoms with van der Waals surface area (Å²) in [6.07, 6.45) is -0.653. The zero-order valence-corrected chi connectivity index (χ0v) is 23.9. The van der Waals surface area contributed by atoms with Crippen LogP contribution >= 0.6 is 0 Å². The lowest BCUT2D eigenvalue weighted by molar-refractivity contribution is 0.223. The van der Waals surface area contributed by atoms with Crippen LogP contribution in [0.25, 0.3) is 86.9 Å². The van der Waals surface area contributed by atoms with Crippen LogP contribution in [0.2, 0.25) is 0 Å². The molecular formula is C43H26O. The van der Waals surface area contributed by atoms with Crippen molar-refractivity contribution >= 4 is 64.6 Å². The molecule has 0 bridgehead atoms. The van der Waals surface area contributed by atoms with Crippen LogP contribution in [0.5, 0.6) is 0 Å². The average Bonchev–Trinajstić information content (AvgIpc) is 3.08. The first-order valence-corrected chi connectivity index (χ1v) is 15.3. The van der Waals surface area contributed by atoms with E-state index in [0.29, 0.717) is 0 Å². The van der Waals surface area contributed by atoms with E-state index in [4.69, 9.17) is 0 Å². The molecule has 0 heterocycles. The van der Waals surface area contributed by atoms with E-state index in [0.717, 1.165) is 11.1 Å². The van der Waals surface area contributed by atoms with Gasteiger partial charge >= 0.3 is 0 Å². The highest BCUT2D eigenvalue weighted by Gasteiger charge is 2.27. The van der Waals surface area contributed by atoms with Gasteiger partial charge in [-0.1, -0.05) is 133 Å². The summed E-state index contributed by atoms with van der Waals surface area (Å²) in [5.41, 5.74) is 6.93.